The number of nitrogens with zero attached hydrogens (tertiary/aromatic N) is 7. The molecule has 0 saturated carbocycles. The van der Waals surface area contributed by atoms with Crippen LogP contribution in [-0.2, 0) is 17.8 Å². The van der Waals surface area contributed by atoms with Crippen molar-refractivity contribution in [2.45, 2.75) is 32.0 Å². The molecule has 1 aromatic carbocycles. The fraction of sp³-hybridized carbons (Fsp3) is 0.393. The van der Waals surface area contributed by atoms with Gasteiger partial charge in [-0.15, -0.1) is 0 Å². The van der Waals surface area contributed by atoms with Crippen LogP contribution in [0.4, 0.5) is 19.0 Å². The minimum atomic E-state index is -4.47. The summed E-state index contributed by atoms with van der Waals surface area (Å²) in [6, 6.07) is 12.0. The molecule has 1 N–H and O–H groups in total. The summed E-state index contributed by atoms with van der Waals surface area (Å²) in [6.45, 7) is 4.33. The van der Waals surface area contributed by atoms with E-state index in [4.69, 9.17) is 4.98 Å². The van der Waals surface area contributed by atoms with Gasteiger partial charge in [-0.3, -0.25) is 14.7 Å². The molecule has 0 atom stereocenters. The molecular weight excluding hydrogens is 521 g/mol. The minimum Gasteiger partial charge on any atom is -0.356 e. The van der Waals surface area contributed by atoms with Crippen molar-refractivity contribution in [3.63, 3.8) is 0 Å². The first-order valence-corrected chi connectivity index (χ1v) is 13.4. The first-order chi connectivity index (χ1) is 19.3. The molecule has 5 heterocycles. The van der Waals surface area contributed by atoms with Crippen LogP contribution in [0, 0.1) is 0 Å². The molecule has 0 radical (unpaired) electrons. The Morgan fingerprint density at radius 3 is 2.52 bits per heavy atom. The number of hydrogen-bond donors (Lipinski definition) is 1. The van der Waals surface area contributed by atoms with Crippen LogP contribution < -0.4 is 4.90 Å². The lowest BCUT2D eigenvalue weighted by Crippen LogP contribution is -2.49. The van der Waals surface area contributed by atoms with Crippen molar-refractivity contribution in [2.75, 3.05) is 44.2 Å². The molecule has 0 spiro atoms. The normalized spacial score (nSPS) is 16.4. The van der Waals surface area contributed by atoms with Crippen molar-refractivity contribution < 1.29 is 18.0 Å². The maximum atomic E-state index is 12.5. The molecule has 40 heavy (non-hydrogen) atoms. The molecule has 2 aliphatic rings. The lowest BCUT2D eigenvalue weighted by molar-refractivity contribution is -0.162. The zero-order chi connectivity index (χ0) is 27.7. The number of aromatic nitrogens is 5. The number of amides is 1. The second kappa shape index (κ2) is 10.8. The summed E-state index contributed by atoms with van der Waals surface area (Å²) in [5, 5.41) is 0. The van der Waals surface area contributed by atoms with E-state index in [9.17, 15) is 18.0 Å². The smallest absolute Gasteiger partial charge is 0.356 e. The number of pyridine rings is 1. The maximum Gasteiger partial charge on any atom is 0.397 e. The van der Waals surface area contributed by atoms with Crippen LogP contribution >= 0.6 is 0 Å². The quantitative estimate of drug-likeness (QED) is 0.374. The third-order valence-corrected chi connectivity index (χ3v) is 7.37. The van der Waals surface area contributed by atoms with Crippen molar-refractivity contribution in [1.82, 2.24) is 34.7 Å². The standard InChI is InChI=1S/C28H29F3N8O/c29-28(30,31)16-27(40)39-10-8-37(9-11-39)17-19-4-5-32-21(12-19)14-25-35-22-3-2-20(13-24(22)36-25)23-15-26(34-18-33-23)38-6-1-7-38/h2-5,12-13,15,18H,1,6-11,14,16-17H2,(H,35,36). The molecule has 2 aliphatic heterocycles. The zero-order valence-corrected chi connectivity index (χ0v) is 21.9. The van der Waals surface area contributed by atoms with E-state index in [1.54, 1.807) is 12.5 Å². The zero-order valence-electron chi connectivity index (χ0n) is 21.9. The molecule has 0 unspecified atom stereocenters. The minimum absolute atomic E-state index is 0.294. The molecular formula is C28H29F3N8O. The second-order valence-corrected chi connectivity index (χ2v) is 10.3. The second-order valence-electron chi connectivity index (χ2n) is 10.3. The summed E-state index contributed by atoms with van der Waals surface area (Å²) in [4.78, 5) is 39.1. The molecule has 12 heteroatoms. The molecule has 6 rings (SSSR count). The van der Waals surface area contributed by atoms with Crippen LogP contribution in [0.5, 0.6) is 0 Å². The monoisotopic (exact) mass is 550 g/mol. The summed E-state index contributed by atoms with van der Waals surface area (Å²) >= 11 is 0. The maximum absolute atomic E-state index is 12.5. The number of carbonyl (C=O) groups is 1. The topological polar surface area (TPSA) is 94.1 Å². The van der Waals surface area contributed by atoms with E-state index in [1.807, 2.05) is 30.3 Å². The van der Waals surface area contributed by atoms with Crippen molar-refractivity contribution in [3.05, 3.63) is 66.0 Å². The summed E-state index contributed by atoms with van der Waals surface area (Å²) in [5.74, 6) is 0.895. The number of piperazine rings is 1. The lowest BCUT2D eigenvalue weighted by atomic mass is 10.1. The van der Waals surface area contributed by atoms with E-state index in [0.29, 0.717) is 39.1 Å². The van der Waals surface area contributed by atoms with Gasteiger partial charge in [0.15, 0.2) is 0 Å². The Balaban J connectivity index is 1.09. The van der Waals surface area contributed by atoms with Gasteiger partial charge < -0.3 is 14.8 Å². The van der Waals surface area contributed by atoms with E-state index in [1.165, 1.54) is 11.3 Å². The van der Waals surface area contributed by atoms with Gasteiger partial charge in [-0.1, -0.05) is 6.07 Å². The van der Waals surface area contributed by atoms with E-state index >= 15 is 0 Å². The predicted octanol–water partition coefficient (Wildman–Crippen LogP) is 3.81. The van der Waals surface area contributed by atoms with Gasteiger partial charge in [0.2, 0.25) is 5.91 Å². The molecule has 3 aromatic heterocycles. The summed E-state index contributed by atoms with van der Waals surface area (Å²) in [5.41, 5.74) is 5.57. The van der Waals surface area contributed by atoms with Crippen molar-refractivity contribution in [3.8, 4) is 11.3 Å². The summed E-state index contributed by atoms with van der Waals surface area (Å²) < 4.78 is 37.6. The van der Waals surface area contributed by atoms with Crippen molar-refractivity contribution in [1.29, 1.82) is 0 Å². The molecule has 2 fully saturated rings. The number of rotatable bonds is 7. The van der Waals surface area contributed by atoms with Crippen LogP contribution in [0.3, 0.4) is 0 Å². The van der Waals surface area contributed by atoms with Crippen molar-refractivity contribution >= 4 is 22.8 Å². The van der Waals surface area contributed by atoms with Crippen LogP contribution in [0.25, 0.3) is 22.3 Å². The van der Waals surface area contributed by atoms with Crippen LogP contribution in [-0.4, -0.2) is 86.1 Å². The third-order valence-electron chi connectivity index (χ3n) is 7.37. The molecule has 9 nitrogen and oxygen atoms in total. The fourth-order valence-corrected chi connectivity index (χ4v) is 5.12. The SMILES string of the molecule is O=C(CC(F)(F)F)N1CCN(Cc2ccnc(Cc3nc4ccc(-c5cc(N6CCC6)ncn5)cc4[nH]3)c2)CC1. The van der Waals surface area contributed by atoms with Crippen molar-refractivity contribution in [2.24, 2.45) is 0 Å². The number of anilines is 1. The van der Waals surface area contributed by atoms with Gasteiger partial charge in [0.1, 0.15) is 24.4 Å². The lowest BCUT2D eigenvalue weighted by Gasteiger charge is -2.35. The van der Waals surface area contributed by atoms with Gasteiger partial charge in [0, 0.05) is 75.8 Å². The van der Waals surface area contributed by atoms with Gasteiger partial charge in [-0.2, -0.15) is 13.2 Å². The molecule has 0 bridgehead atoms. The number of alkyl halides is 3. The Labute approximate surface area is 229 Å². The number of H-pyrrole nitrogens is 1. The largest absolute Gasteiger partial charge is 0.397 e. The van der Waals surface area contributed by atoms with Crippen LogP contribution in [0.15, 0.2) is 48.9 Å². The molecule has 4 aromatic rings. The van der Waals surface area contributed by atoms with E-state index < -0.39 is 18.5 Å². The Morgan fingerprint density at radius 2 is 1.77 bits per heavy atom. The highest BCUT2D eigenvalue weighted by Gasteiger charge is 2.34. The Hall–Kier alpha value is -4.06. The van der Waals surface area contributed by atoms with E-state index in [-0.39, 0.29) is 0 Å². The number of benzene rings is 1. The number of imidazole rings is 1. The highest BCUT2D eigenvalue weighted by molar-refractivity contribution is 5.81. The predicted molar refractivity (Wildman–Crippen MR) is 144 cm³/mol. The Kier molecular flexibility index (Phi) is 7.09. The third kappa shape index (κ3) is 6.06. The van der Waals surface area contributed by atoms with Crippen LogP contribution in [0.2, 0.25) is 0 Å². The molecule has 208 valence electrons. The van der Waals surface area contributed by atoms with Gasteiger partial charge >= 0.3 is 6.18 Å². The Morgan fingerprint density at radius 1 is 0.950 bits per heavy atom. The van der Waals surface area contributed by atoms with E-state index in [2.05, 4.69) is 35.8 Å². The molecule has 0 aliphatic carbocycles. The number of fused-ring (bicyclic) bond motifs is 1. The fourth-order valence-electron chi connectivity index (χ4n) is 5.12. The Bertz CT molecular complexity index is 1510. The first-order valence-electron chi connectivity index (χ1n) is 13.4. The first kappa shape index (κ1) is 26.2. The van der Waals surface area contributed by atoms with E-state index in [0.717, 1.165) is 58.3 Å². The highest BCUT2D eigenvalue weighted by atomic mass is 19.4. The average molecular weight is 551 g/mol. The number of hydrogen-bond acceptors (Lipinski definition) is 7. The number of halogens is 3. The number of nitrogens with one attached hydrogen (secondary N) is 1. The van der Waals surface area contributed by atoms with Crippen LogP contribution in [0.1, 0.15) is 29.9 Å². The van der Waals surface area contributed by atoms with Gasteiger partial charge in [-0.05, 0) is 36.2 Å². The average Bonchev–Trinajstić information content (AvgIpc) is 3.29. The summed E-state index contributed by atoms with van der Waals surface area (Å²) in [6.07, 6.45) is -0.781. The summed E-state index contributed by atoms with van der Waals surface area (Å²) in [7, 11) is 0. The van der Waals surface area contributed by atoms with Gasteiger partial charge in [0.05, 0.1) is 16.7 Å². The molecule has 2 saturated heterocycles. The number of carbonyl (C=O) groups excluding carboxylic acids is 1. The highest BCUT2D eigenvalue weighted by Crippen LogP contribution is 2.26. The number of aromatic amines is 1. The van der Waals surface area contributed by atoms with Gasteiger partial charge in [-0.25, -0.2) is 15.0 Å². The molecule has 1 amide bonds. The van der Waals surface area contributed by atoms with Gasteiger partial charge in [0.25, 0.3) is 0 Å².